The van der Waals surface area contributed by atoms with Gasteiger partial charge in [-0.05, 0) is 81.0 Å². The molecule has 1 aliphatic rings. The van der Waals surface area contributed by atoms with E-state index in [1.165, 1.54) is 10.5 Å². The van der Waals surface area contributed by atoms with Crippen molar-refractivity contribution in [2.75, 3.05) is 26.3 Å². The number of phenols is 1. The van der Waals surface area contributed by atoms with Crippen LogP contribution >= 0.6 is 11.3 Å². The Morgan fingerprint density at radius 1 is 0.974 bits per heavy atom. The van der Waals surface area contributed by atoms with E-state index in [1.54, 1.807) is 23.5 Å². The molecule has 7 nitrogen and oxygen atoms in total. The largest absolute Gasteiger partial charge is 0.530 e. The highest BCUT2D eigenvalue weighted by atomic mass is 32.1. The average Bonchev–Trinajstić information content (AvgIpc) is 3.47. The lowest BCUT2D eigenvalue weighted by atomic mass is 9.87. The fourth-order valence-corrected chi connectivity index (χ4v) is 5.59. The number of likely N-dealkylation sites (tertiary alicyclic amines) is 1. The minimum atomic E-state index is -1.17. The van der Waals surface area contributed by atoms with E-state index in [2.05, 4.69) is 11.4 Å². The molecule has 2 heterocycles. The van der Waals surface area contributed by atoms with Gasteiger partial charge in [-0.15, -0.1) is 0 Å². The molecule has 2 atom stereocenters. The van der Waals surface area contributed by atoms with E-state index < -0.39 is 6.09 Å². The summed E-state index contributed by atoms with van der Waals surface area (Å²) in [6.07, 6.45) is -0.0426. The van der Waals surface area contributed by atoms with Crippen LogP contribution in [0.1, 0.15) is 35.4 Å². The predicted octanol–water partition coefficient (Wildman–Crippen LogP) is 5.31. The lowest BCUT2D eigenvalue weighted by molar-refractivity contribution is -0.268. The van der Waals surface area contributed by atoms with Crippen LogP contribution in [0.3, 0.4) is 0 Å². The summed E-state index contributed by atoms with van der Waals surface area (Å²) in [7, 11) is 0. The van der Waals surface area contributed by atoms with Crippen LogP contribution in [0.4, 0.5) is 4.79 Å². The molecule has 1 saturated heterocycles. The van der Waals surface area contributed by atoms with Crippen molar-refractivity contribution < 1.29 is 29.2 Å². The molecule has 5 rings (SSSR count). The number of fused-ring (bicyclic) bond motifs is 1. The monoisotopic (exact) mass is 546 g/mol. The molecule has 8 heteroatoms. The molecular weight excluding hydrogens is 514 g/mol. The number of nitrogens with zero attached hydrogens (tertiary/aromatic N) is 1. The SMILES string of the molecule is O=C([O-])N1CCC(c2ccc(OCCCOCc3ccsc3)cc2)C(OCc2ccc3ccc(O)cc3c2)C1. The normalized spacial score (nSPS) is 17.4. The fourth-order valence-electron chi connectivity index (χ4n) is 4.94. The number of carboxylic acid groups (broad SMARTS) is 1. The molecule has 1 amide bonds. The Balaban J connectivity index is 1.16. The van der Waals surface area contributed by atoms with E-state index in [0.29, 0.717) is 39.4 Å². The summed E-state index contributed by atoms with van der Waals surface area (Å²) in [4.78, 5) is 12.9. The third-order valence-electron chi connectivity index (χ3n) is 7.03. The van der Waals surface area contributed by atoms with Gasteiger partial charge in [-0.2, -0.15) is 11.3 Å². The minimum absolute atomic E-state index is 0.0460. The smallest absolute Gasteiger partial charge is 0.137 e. The maximum absolute atomic E-state index is 11.6. The molecule has 1 aromatic heterocycles. The van der Waals surface area contributed by atoms with Gasteiger partial charge in [0.1, 0.15) is 17.6 Å². The van der Waals surface area contributed by atoms with Gasteiger partial charge in [0.05, 0.1) is 32.5 Å². The molecule has 3 aromatic carbocycles. The van der Waals surface area contributed by atoms with Gasteiger partial charge in [0.2, 0.25) is 0 Å². The van der Waals surface area contributed by atoms with E-state index in [1.807, 2.05) is 53.9 Å². The number of thiophene rings is 1. The number of rotatable bonds is 11. The van der Waals surface area contributed by atoms with E-state index >= 15 is 0 Å². The first-order chi connectivity index (χ1) is 19.0. The van der Waals surface area contributed by atoms with Gasteiger partial charge in [-0.3, -0.25) is 0 Å². The van der Waals surface area contributed by atoms with Crippen LogP contribution in [0.15, 0.2) is 77.5 Å². The van der Waals surface area contributed by atoms with Crippen molar-refractivity contribution >= 4 is 28.2 Å². The molecule has 4 aromatic rings. The van der Waals surface area contributed by atoms with Crippen molar-refractivity contribution in [3.8, 4) is 11.5 Å². The van der Waals surface area contributed by atoms with Crippen molar-refractivity contribution in [1.29, 1.82) is 0 Å². The van der Waals surface area contributed by atoms with E-state index in [-0.39, 0.29) is 24.3 Å². The Kier molecular flexibility index (Phi) is 8.98. The molecule has 1 N–H and O–H groups in total. The maximum Gasteiger partial charge on any atom is 0.137 e. The highest BCUT2D eigenvalue weighted by Crippen LogP contribution is 2.32. The van der Waals surface area contributed by atoms with Gasteiger partial charge in [0, 0.05) is 25.4 Å². The number of benzene rings is 3. The number of hydrogen-bond acceptors (Lipinski definition) is 7. The first-order valence-electron chi connectivity index (χ1n) is 13.2. The number of carbonyl (C=O) groups is 1. The Bertz CT molecular complexity index is 1360. The van der Waals surface area contributed by atoms with Crippen molar-refractivity contribution in [2.24, 2.45) is 0 Å². The molecule has 0 aliphatic carbocycles. The van der Waals surface area contributed by atoms with Crippen LogP contribution < -0.4 is 9.84 Å². The molecule has 2 unspecified atom stereocenters. The van der Waals surface area contributed by atoms with Crippen LogP contribution in [0.5, 0.6) is 11.5 Å². The van der Waals surface area contributed by atoms with Crippen LogP contribution in [0.25, 0.3) is 10.8 Å². The van der Waals surface area contributed by atoms with Crippen LogP contribution in [-0.4, -0.2) is 48.5 Å². The van der Waals surface area contributed by atoms with E-state index in [0.717, 1.165) is 34.1 Å². The second-order valence-corrected chi connectivity index (χ2v) is 10.6. The standard InChI is InChI=1S/C31H33NO6S/c33-27-7-4-24-3-2-22(16-26(24)17-27)20-38-30-18-32(31(34)35)12-10-29(30)25-5-8-28(9-6-25)37-14-1-13-36-19-23-11-15-39-21-23/h2-9,11,15-17,21,29-30,33H,1,10,12-14,18-20H2,(H,34,35)/p-1. The van der Waals surface area contributed by atoms with Crippen molar-refractivity contribution in [1.82, 2.24) is 4.90 Å². The summed E-state index contributed by atoms with van der Waals surface area (Å²) in [5.74, 6) is 1.05. The van der Waals surface area contributed by atoms with Gasteiger partial charge in [-0.1, -0.05) is 30.3 Å². The number of hydrogen-bond donors (Lipinski definition) is 1. The summed E-state index contributed by atoms with van der Waals surface area (Å²) >= 11 is 1.67. The van der Waals surface area contributed by atoms with Crippen molar-refractivity contribution in [3.05, 3.63) is 94.2 Å². The molecular formula is C31H32NO6S-. The number of piperidine rings is 1. The Hall–Kier alpha value is -3.59. The first-order valence-corrected chi connectivity index (χ1v) is 14.1. The lowest BCUT2D eigenvalue weighted by Gasteiger charge is -2.40. The van der Waals surface area contributed by atoms with Gasteiger partial charge in [0.25, 0.3) is 0 Å². The van der Waals surface area contributed by atoms with Crippen molar-refractivity contribution in [3.63, 3.8) is 0 Å². The summed E-state index contributed by atoms with van der Waals surface area (Å²) in [5, 5.41) is 27.5. The zero-order valence-electron chi connectivity index (χ0n) is 21.7. The van der Waals surface area contributed by atoms with Gasteiger partial charge in [-0.25, -0.2) is 0 Å². The first kappa shape index (κ1) is 27.0. The lowest BCUT2D eigenvalue weighted by Crippen LogP contribution is -2.51. The topological polar surface area (TPSA) is 91.3 Å². The Morgan fingerprint density at radius 2 is 1.82 bits per heavy atom. The minimum Gasteiger partial charge on any atom is -0.530 e. The average molecular weight is 547 g/mol. The van der Waals surface area contributed by atoms with E-state index in [9.17, 15) is 15.0 Å². The molecule has 0 spiro atoms. The highest BCUT2D eigenvalue weighted by Gasteiger charge is 2.31. The summed E-state index contributed by atoms with van der Waals surface area (Å²) < 4.78 is 17.9. The van der Waals surface area contributed by atoms with Gasteiger partial charge >= 0.3 is 0 Å². The molecule has 1 fully saturated rings. The van der Waals surface area contributed by atoms with Crippen molar-refractivity contribution in [2.45, 2.75) is 38.1 Å². The summed E-state index contributed by atoms with van der Waals surface area (Å²) in [6.45, 7) is 2.84. The number of ether oxygens (including phenoxy) is 3. The van der Waals surface area contributed by atoms with Crippen LogP contribution in [-0.2, 0) is 22.7 Å². The van der Waals surface area contributed by atoms with Gasteiger partial charge < -0.3 is 34.1 Å². The third-order valence-corrected chi connectivity index (χ3v) is 7.76. The zero-order chi connectivity index (χ0) is 27.0. The second kappa shape index (κ2) is 13.0. The molecule has 39 heavy (non-hydrogen) atoms. The predicted molar refractivity (Wildman–Crippen MR) is 149 cm³/mol. The quantitative estimate of drug-likeness (QED) is 0.257. The molecule has 204 valence electrons. The highest BCUT2D eigenvalue weighted by molar-refractivity contribution is 7.07. The summed E-state index contributed by atoms with van der Waals surface area (Å²) in [5.41, 5.74) is 3.25. The molecule has 0 saturated carbocycles. The number of carbonyl (C=O) groups excluding carboxylic acids is 1. The zero-order valence-corrected chi connectivity index (χ0v) is 22.5. The number of amides is 1. The number of phenolic OH excluding ortho intramolecular Hbond substituents is 1. The van der Waals surface area contributed by atoms with Crippen LogP contribution in [0.2, 0.25) is 0 Å². The molecule has 0 bridgehead atoms. The van der Waals surface area contributed by atoms with Gasteiger partial charge in [0.15, 0.2) is 0 Å². The Morgan fingerprint density at radius 3 is 2.62 bits per heavy atom. The maximum atomic E-state index is 11.6. The van der Waals surface area contributed by atoms with Crippen LogP contribution in [0, 0.1) is 0 Å². The second-order valence-electron chi connectivity index (χ2n) is 9.78. The number of aromatic hydroxyl groups is 1. The molecule has 1 aliphatic heterocycles. The fraction of sp³-hybridized carbons (Fsp3) is 0.323. The van der Waals surface area contributed by atoms with E-state index in [4.69, 9.17) is 14.2 Å². The third kappa shape index (κ3) is 7.29. The molecule has 0 radical (unpaired) electrons. The Labute approximate surface area is 232 Å². The summed E-state index contributed by atoms with van der Waals surface area (Å²) in [6, 6.07) is 21.3.